The van der Waals surface area contributed by atoms with Gasteiger partial charge in [-0.1, -0.05) is 6.42 Å². The van der Waals surface area contributed by atoms with Crippen LogP contribution >= 0.6 is 0 Å². The average Bonchev–Trinajstić information content (AvgIpc) is 2.74. The van der Waals surface area contributed by atoms with Crippen LogP contribution in [0.5, 0.6) is 0 Å². The Morgan fingerprint density at radius 1 is 1.21 bits per heavy atom. The summed E-state index contributed by atoms with van der Waals surface area (Å²) in [5.41, 5.74) is 5.90. The lowest BCUT2D eigenvalue weighted by Gasteiger charge is -2.34. The Labute approximate surface area is 111 Å². The summed E-state index contributed by atoms with van der Waals surface area (Å²) in [7, 11) is 0. The Morgan fingerprint density at radius 2 is 1.95 bits per heavy atom. The predicted octanol–water partition coefficient (Wildman–Crippen LogP) is 2.30. The van der Waals surface area contributed by atoms with E-state index in [0.29, 0.717) is 19.4 Å². The van der Waals surface area contributed by atoms with Crippen molar-refractivity contribution in [3.8, 4) is 0 Å². The van der Waals surface area contributed by atoms with Gasteiger partial charge in [0.05, 0.1) is 5.92 Å². The van der Waals surface area contributed by atoms with Crippen molar-refractivity contribution in [1.29, 1.82) is 0 Å². The molecule has 1 aliphatic heterocycles. The second kappa shape index (κ2) is 5.69. The van der Waals surface area contributed by atoms with Crippen molar-refractivity contribution in [2.45, 2.75) is 50.7 Å². The van der Waals surface area contributed by atoms with Gasteiger partial charge in [0.15, 0.2) is 0 Å². The van der Waals surface area contributed by atoms with E-state index in [1.165, 1.54) is 4.90 Å². The lowest BCUT2D eigenvalue weighted by atomic mass is 9.95. The van der Waals surface area contributed by atoms with Gasteiger partial charge in [0.2, 0.25) is 5.91 Å². The van der Waals surface area contributed by atoms with Gasteiger partial charge in [-0.3, -0.25) is 4.79 Å². The Morgan fingerprint density at radius 3 is 2.53 bits per heavy atom. The molecule has 6 heteroatoms. The maximum atomic E-state index is 12.7. The van der Waals surface area contributed by atoms with Crippen LogP contribution in [0.3, 0.4) is 0 Å². The maximum Gasteiger partial charge on any atom is 0.393 e. The van der Waals surface area contributed by atoms with Crippen molar-refractivity contribution < 1.29 is 18.0 Å². The normalized spacial score (nSPS) is 32.6. The standard InChI is InChI=1S/C13H21F3N2O/c14-13(15,16)10-4-2-6-18(8-10)12(19)7-9-3-1-5-11(9)17/h9-11H,1-8,17H2/t9-,10?,11+/m0/s1. The Kier molecular flexibility index (Phi) is 4.38. The minimum Gasteiger partial charge on any atom is -0.342 e. The van der Waals surface area contributed by atoms with E-state index in [1.54, 1.807) is 0 Å². The van der Waals surface area contributed by atoms with E-state index in [4.69, 9.17) is 5.73 Å². The molecule has 3 atom stereocenters. The summed E-state index contributed by atoms with van der Waals surface area (Å²) in [6, 6.07) is 0.0344. The van der Waals surface area contributed by atoms with Crippen LogP contribution in [0.2, 0.25) is 0 Å². The van der Waals surface area contributed by atoms with E-state index >= 15 is 0 Å². The van der Waals surface area contributed by atoms with Crippen molar-refractivity contribution in [3.05, 3.63) is 0 Å². The summed E-state index contributed by atoms with van der Waals surface area (Å²) in [6.07, 6.45) is -0.450. The highest BCUT2D eigenvalue weighted by Crippen LogP contribution is 2.34. The van der Waals surface area contributed by atoms with Crippen molar-refractivity contribution in [1.82, 2.24) is 4.90 Å². The summed E-state index contributed by atoms with van der Waals surface area (Å²) in [6.45, 7) is 0.275. The molecule has 0 aromatic carbocycles. The van der Waals surface area contributed by atoms with Gasteiger partial charge in [-0.15, -0.1) is 0 Å². The molecule has 0 spiro atoms. The number of hydrogen-bond acceptors (Lipinski definition) is 2. The largest absolute Gasteiger partial charge is 0.393 e. The van der Waals surface area contributed by atoms with Crippen LogP contribution in [-0.2, 0) is 4.79 Å². The van der Waals surface area contributed by atoms with Crippen molar-refractivity contribution in [3.63, 3.8) is 0 Å². The number of nitrogens with two attached hydrogens (primary N) is 1. The number of carbonyl (C=O) groups excluding carboxylic acids is 1. The molecule has 0 bridgehead atoms. The molecule has 0 radical (unpaired) electrons. The van der Waals surface area contributed by atoms with Crippen LogP contribution in [0.15, 0.2) is 0 Å². The van der Waals surface area contributed by atoms with E-state index in [2.05, 4.69) is 0 Å². The van der Waals surface area contributed by atoms with Gasteiger partial charge in [0.1, 0.15) is 0 Å². The number of hydrogen-bond donors (Lipinski definition) is 1. The first kappa shape index (κ1) is 14.6. The third-order valence-electron chi connectivity index (χ3n) is 4.39. The van der Waals surface area contributed by atoms with Crippen molar-refractivity contribution >= 4 is 5.91 Å². The van der Waals surface area contributed by atoms with Crippen molar-refractivity contribution in [2.75, 3.05) is 13.1 Å². The molecule has 1 unspecified atom stereocenters. The molecule has 1 aliphatic carbocycles. The molecule has 1 saturated carbocycles. The Hall–Kier alpha value is -0.780. The number of carbonyl (C=O) groups is 1. The SMILES string of the molecule is N[C@@H]1CCC[C@H]1CC(=O)N1CCCC(C(F)(F)F)C1. The van der Waals surface area contributed by atoms with E-state index in [9.17, 15) is 18.0 Å². The smallest absolute Gasteiger partial charge is 0.342 e. The highest BCUT2D eigenvalue weighted by Gasteiger charge is 2.43. The van der Waals surface area contributed by atoms with Gasteiger partial charge in [-0.05, 0) is 31.6 Å². The molecular formula is C13H21F3N2O. The molecular weight excluding hydrogens is 257 g/mol. The Balaban J connectivity index is 1.88. The van der Waals surface area contributed by atoms with Crippen LogP contribution in [0.4, 0.5) is 13.2 Å². The lowest BCUT2D eigenvalue weighted by molar-refractivity contribution is -0.188. The second-order valence-corrected chi connectivity index (χ2v) is 5.78. The monoisotopic (exact) mass is 278 g/mol. The van der Waals surface area contributed by atoms with E-state index < -0.39 is 12.1 Å². The van der Waals surface area contributed by atoms with Crippen LogP contribution in [-0.4, -0.2) is 36.1 Å². The summed E-state index contributed by atoms with van der Waals surface area (Å²) in [5, 5.41) is 0. The number of piperidine rings is 1. The topological polar surface area (TPSA) is 46.3 Å². The quantitative estimate of drug-likeness (QED) is 0.842. The van der Waals surface area contributed by atoms with Crippen molar-refractivity contribution in [2.24, 2.45) is 17.6 Å². The molecule has 1 heterocycles. The lowest BCUT2D eigenvalue weighted by Crippen LogP contribution is -2.45. The van der Waals surface area contributed by atoms with E-state index in [-0.39, 0.29) is 30.8 Å². The number of amides is 1. The first-order chi connectivity index (χ1) is 8.88. The zero-order chi connectivity index (χ0) is 14.0. The minimum atomic E-state index is -4.19. The summed E-state index contributed by atoms with van der Waals surface area (Å²) < 4.78 is 38.1. The van der Waals surface area contributed by atoms with Crippen LogP contribution in [0, 0.1) is 11.8 Å². The van der Waals surface area contributed by atoms with Gasteiger partial charge in [0, 0.05) is 25.6 Å². The number of likely N-dealkylation sites (tertiary alicyclic amines) is 1. The molecule has 2 N–H and O–H groups in total. The molecule has 0 aromatic heterocycles. The fourth-order valence-electron chi connectivity index (χ4n) is 3.14. The number of halogens is 3. The summed E-state index contributed by atoms with van der Waals surface area (Å²) in [5.74, 6) is -1.36. The maximum absolute atomic E-state index is 12.7. The van der Waals surface area contributed by atoms with Gasteiger partial charge >= 0.3 is 6.18 Å². The fourth-order valence-corrected chi connectivity index (χ4v) is 3.14. The van der Waals surface area contributed by atoms with Gasteiger partial charge in [-0.2, -0.15) is 13.2 Å². The molecule has 2 rings (SSSR count). The number of rotatable bonds is 2. The molecule has 3 nitrogen and oxygen atoms in total. The fraction of sp³-hybridized carbons (Fsp3) is 0.923. The summed E-state index contributed by atoms with van der Waals surface area (Å²) >= 11 is 0. The first-order valence-electron chi connectivity index (χ1n) is 6.98. The van der Waals surface area contributed by atoms with Crippen LogP contribution < -0.4 is 5.73 Å². The zero-order valence-corrected chi connectivity index (χ0v) is 11.0. The molecule has 1 saturated heterocycles. The van der Waals surface area contributed by atoms with Gasteiger partial charge < -0.3 is 10.6 Å². The highest BCUT2D eigenvalue weighted by atomic mass is 19.4. The van der Waals surface area contributed by atoms with E-state index in [1.807, 2.05) is 0 Å². The predicted molar refractivity (Wildman–Crippen MR) is 65.3 cm³/mol. The molecule has 1 amide bonds. The molecule has 0 aromatic rings. The number of alkyl halides is 3. The molecule has 2 aliphatic rings. The zero-order valence-electron chi connectivity index (χ0n) is 11.0. The Bertz CT molecular complexity index is 332. The third-order valence-corrected chi connectivity index (χ3v) is 4.39. The van der Waals surface area contributed by atoms with Crippen LogP contribution in [0.25, 0.3) is 0 Å². The molecule has 19 heavy (non-hydrogen) atoms. The average molecular weight is 278 g/mol. The first-order valence-corrected chi connectivity index (χ1v) is 6.98. The summed E-state index contributed by atoms with van der Waals surface area (Å²) in [4.78, 5) is 13.5. The van der Waals surface area contributed by atoms with Gasteiger partial charge in [0.25, 0.3) is 0 Å². The second-order valence-electron chi connectivity index (χ2n) is 5.78. The highest BCUT2D eigenvalue weighted by molar-refractivity contribution is 5.76. The number of nitrogens with zero attached hydrogens (tertiary/aromatic N) is 1. The van der Waals surface area contributed by atoms with Gasteiger partial charge in [-0.25, -0.2) is 0 Å². The van der Waals surface area contributed by atoms with E-state index in [0.717, 1.165) is 19.3 Å². The minimum absolute atomic E-state index is 0.0344. The third kappa shape index (κ3) is 3.61. The van der Waals surface area contributed by atoms with Crippen LogP contribution in [0.1, 0.15) is 38.5 Å². The molecule has 110 valence electrons. The molecule has 2 fully saturated rings.